The molecule has 0 fully saturated rings. The van der Waals surface area contributed by atoms with E-state index in [-0.39, 0.29) is 12.0 Å². The van der Waals surface area contributed by atoms with Crippen LogP contribution in [0.2, 0.25) is 0 Å². The van der Waals surface area contributed by atoms with E-state index < -0.39 is 0 Å². The first-order chi connectivity index (χ1) is 9.16. The minimum atomic E-state index is -0.376. The maximum absolute atomic E-state index is 11.9. The number of rotatable bonds is 6. The third-order valence-corrected chi connectivity index (χ3v) is 2.73. The summed E-state index contributed by atoms with van der Waals surface area (Å²) >= 11 is 0. The number of benzene rings is 1. The van der Waals surface area contributed by atoms with Crippen molar-refractivity contribution >= 4 is 16.8 Å². The molecule has 0 saturated carbocycles. The highest BCUT2D eigenvalue weighted by atomic mass is 16.3. The number of aromatic amines is 1. The van der Waals surface area contributed by atoms with Crippen molar-refractivity contribution in [1.29, 1.82) is 0 Å². The third-order valence-electron chi connectivity index (χ3n) is 2.73. The highest BCUT2D eigenvalue weighted by Crippen LogP contribution is 2.12. The molecule has 0 aliphatic carbocycles. The molecule has 6 heteroatoms. The molecule has 0 bridgehead atoms. The van der Waals surface area contributed by atoms with Crippen molar-refractivity contribution in [2.24, 2.45) is 0 Å². The predicted octanol–water partition coefficient (Wildman–Crippen LogP) is 0.263. The SMILES string of the molecule is CC(O)CNCCNC(=O)c1ccc2cn[nH]c2c1. The Labute approximate surface area is 111 Å². The lowest BCUT2D eigenvalue weighted by molar-refractivity contribution is 0.0954. The van der Waals surface area contributed by atoms with E-state index >= 15 is 0 Å². The Bertz CT molecular complexity index is 550. The van der Waals surface area contributed by atoms with Gasteiger partial charge in [0.2, 0.25) is 0 Å². The smallest absolute Gasteiger partial charge is 0.251 e. The van der Waals surface area contributed by atoms with Crippen LogP contribution in [-0.4, -0.2) is 46.9 Å². The molecule has 1 atom stereocenters. The number of hydrogen-bond acceptors (Lipinski definition) is 4. The second-order valence-electron chi connectivity index (χ2n) is 4.48. The molecule has 2 rings (SSSR count). The molecule has 4 N–H and O–H groups in total. The predicted molar refractivity (Wildman–Crippen MR) is 73.0 cm³/mol. The standard InChI is InChI=1S/C13H18N4O2/c1-9(18)7-14-4-5-15-13(19)10-2-3-11-8-16-17-12(11)6-10/h2-3,6,8-9,14,18H,4-5,7H2,1H3,(H,15,19)(H,16,17). The van der Waals surface area contributed by atoms with Gasteiger partial charge in [-0.25, -0.2) is 0 Å². The summed E-state index contributed by atoms with van der Waals surface area (Å²) in [5.74, 6) is -0.115. The third kappa shape index (κ3) is 3.77. The number of carbonyl (C=O) groups is 1. The largest absolute Gasteiger partial charge is 0.392 e. The maximum atomic E-state index is 11.9. The van der Waals surface area contributed by atoms with E-state index in [0.29, 0.717) is 25.2 Å². The van der Waals surface area contributed by atoms with Gasteiger partial charge in [-0.05, 0) is 19.1 Å². The van der Waals surface area contributed by atoms with Crippen LogP contribution in [0, 0.1) is 0 Å². The number of nitrogens with zero attached hydrogens (tertiary/aromatic N) is 1. The maximum Gasteiger partial charge on any atom is 0.251 e. The van der Waals surface area contributed by atoms with Gasteiger partial charge in [0.1, 0.15) is 0 Å². The van der Waals surface area contributed by atoms with Gasteiger partial charge in [-0.2, -0.15) is 5.10 Å². The molecule has 1 aromatic carbocycles. The molecular weight excluding hydrogens is 244 g/mol. The van der Waals surface area contributed by atoms with Gasteiger partial charge in [0.25, 0.3) is 5.91 Å². The lowest BCUT2D eigenvalue weighted by Crippen LogP contribution is -2.34. The number of aliphatic hydroxyl groups excluding tert-OH is 1. The summed E-state index contributed by atoms with van der Waals surface area (Å²) in [7, 11) is 0. The molecule has 1 unspecified atom stereocenters. The molecule has 0 aliphatic heterocycles. The zero-order valence-corrected chi connectivity index (χ0v) is 10.8. The second-order valence-corrected chi connectivity index (χ2v) is 4.48. The average molecular weight is 262 g/mol. The van der Waals surface area contributed by atoms with Gasteiger partial charge in [0.05, 0.1) is 17.8 Å². The molecule has 0 aliphatic rings. The molecule has 0 saturated heterocycles. The number of hydrogen-bond donors (Lipinski definition) is 4. The van der Waals surface area contributed by atoms with E-state index in [2.05, 4.69) is 20.8 Å². The number of H-pyrrole nitrogens is 1. The monoisotopic (exact) mass is 262 g/mol. The summed E-state index contributed by atoms with van der Waals surface area (Å²) in [6.07, 6.45) is 1.34. The van der Waals surface area contributed by atoms with E-state index in [1.807, 2.05) is 6.07 Å². The van der Waals surface area contributed by atoms with Crippen LogP contribution in [0.4, 0.5) is 0 Å². The van der Waals surface area contributed by atoms with Crippen LogP contribution in [0.5, 0.6) is 0 Å². The van der Waals surface area contributed by atoms with Crippen LogP contribution in [0.3, 0.4) is 0 Å². The van der Waals surface area contributed by atoms with Crippen molar-refractivity contribution < 1.29 is 9.90 Å². The van der Waals surface area contributed by atoms with E-state index in [1.165, 1.54) is 0 Å². The van der Waals surface area contributed by atoms with E-state index in [1.54, 1.807) is 25.3 Å². The van der Waals surface area contributed by atoms with Gasteiger partial charge in [0.15, 0.2) is 0 Å². The summed E-state index contributed by atoms with van der Waals surface area (Å²) in [6.45, 7) is 3.39. The first kappa shape index (κ1) is 13.5. The van der Waals surface area contributed by atoms with Crippen LogP contribution in [0.25, 0.3) is 10.9 Å². The summed E-state index contributed by atoms with van der Waals surface area (Å²) in [4.78, 5) is 11.9. The van der Waals surface area contributed by atoms with Crippen molar-refractivity contribution in [1.82, 2.24) is 20.8 Å². The summed E-state index contributed by atoms with van der Waals surface area (Å²) in [5, 5.41) is 22.6. The van der Waals surface area contributed by atoms with Crippen molar-refractivity contribution in [2.75, 3.05) is 19.6 Å². The molecule has 102 valence electrons. The van der Waals surface area contributed by atoms with Crippen LogP contribution in [0.15, 0.2) is 24.4 Å². The lowest BCUT2D eigenvalue weighted by atomic mass is 10.1. The summed E-state index contributed by atoms with van der Waals surface area (Å²) in [5.41, 5.74) is 1.45. The van der Waals surface area contributed by atoms with E-state index in [0.717, 1.165) is 10.9 Å². The molecule has 1 aromatic heterocycles. The van der Waals surface area contributed by atoms with Crippen molar-refractivity contribution in [3.63, 3.8) is 0 Å². The molecule has 0 spiro atoms. The summed E-state index contributed by atoms with van der Waals surface area (Å²) in [6, 6.07) is 5.41. The number of amides is 1. The Balaban J connectivity index is 1.82. The molecule has 6 nitrogen and oxygen atoms in total. The number of nitrogens with one attached hydrogen (secondary N) is 3. The Hall–Kier alpha value is -1.92. The molecule has 1 amide bonds. The van der Waals surface area contributed by atoms with E-state index in [9.17, 15) is 4.79 Å². The Morgan fingerprint density at radius 1 is 1.47 bits per heavy atom. The first-order valence-corrected chi connectivity index (χ1v) is 6.27. The van der Waals surface area contributed by atoms with Gasteiger partial charge < -0.3 is 15.7 Å². The highest BCUT2D eigenvalue weighted by molar-refractivity contribution is 5.97. The van der Waals surface area contributed by atoms with Gasteiger partial charge in [-0.1, -0.05) is 6.07 Å². The zero-order chi connectivity index (χ0) is 13.7. The number of aliphatic hydroxyl groups is 1. The topological polar surface area (TPSA) is 90.0 Å². The Morgan fingerprint density at radius 2 is 2.32 bits per heavy atom. The fourth-order valence-corrected chi connectivity index (χ4v) is 1.76. The van der Waals surface area contributed by atoms with Crippen LogP contribution in [0.1, 0.15) is 17.3 Å². The fourth-order valence-electron chi connectivity index (χ4n) is 1.76. The number of carbonyl (C=O) groups excluding carboxylic acids is 1. The Kier molecular flexibility index (Phi) is 4.48. The van der Waals surface area contributed by atoms with Gasteiger partial charge in [-0.3, -0.25) is 9.89 Å². The normalized spacial score (nSPS) is 12.5. The number of fused-ring (bicyclic) bond motifs is 1. The van der Waals surface area contributed by atoms with Crippen molar-refractivity contribution in [2.45, 2.75) is 13.0 Å². The molecule has 19 heavy (non-hydrogen) atoms. The lowest BCUT2D eigenvalue weighted by Gasteiger charge is -2.08. The van der Waals surface area contributed by atoms with Gasteiger partial charge in [-0.15, -0.1) is 0 Å². The minimum absolute atomic E-state index is 0.115. The van der Waals surface area contributed by atoms with Crippen LogP contribution >= 0.6 is 0 Å². The molecule has 1 heterocycles. The highest BCUT2D eigenvalue weighted by Gasteiger charge is 2.06. The van der Waals surface area contributed by atoms with E-state index in [4.69, 9.17) is 5.11 Å². The minimum Gasteiger partial charge on any atom is -0.392 e. The molecule has 2 aromatic rings. The molecular formula is C13H18N4O2. The quantitative estimate of drug-likeness (QED) is 0.562. The number of aromatic nitrogens is 2. The van der Waals surface area contributed by atoms with Crippen molar-refractivity contribution in [3.05, 3.63) is 30.0 Å². The van der Waals surface area contributed by atoms with Crippen LogP contribution < -0.4 is 10.6 Å². The van der Waals surface area contributed by atoms with Crippen molar-refractivity contribution in [3.8, 4) is 0 Å². The zero-order valence-electron chi connectivity index (χ0n) is 10.8. The fraction of sp³-hybridized carbons (Fsp3) is 0.385. The summed E-state index contributed by atoms with van der Waals surface area (Å²) < 4.78 is 0. The van der Waals surface area contributed by atoms with Crippen LogP contribution in [-0.2, 0) is 0 Å². The second kappa shape index (κ2) is 6.31. The average Bonchev–Trinajstić information content (AvgIpc) is 2.84. The Morgan fingerprint density at radius 3 is 3.11 bits per heavy atom. The first-order valence-electron chi connectivity index (χ1n) is 6.27. The van der Waals surface area contributed by atoms with Gasteiger partial charge >= 0.3 is 0 Å². The van der Waals surface area contributed by atoms with Gasteiger partial charge in [0, 0.05) is 30.6 Å². The molecule has 0 radical (unpaired) electrons.